The Balaban J connectivity index is 2.43. The molecule has 0 amide bonds. The average molecular weight is 348 g/mol. The summed E-state index contributed by atoms with van der Waals surface area (Å²) in [4.78, 5) is 0.0698. The number of hydrogen-bond acceptors (Lipinski definition) is 5. The van der Waals surface area contributed by atoms with E-state index in [-0.39, 0.29) is 4.90 Å². The van der Waals surface area contributed by atoms with Gasteiger partial charge in [0.05, 0.1) is 26.2 Å². The number of methoxy groups -OCH3 is 3. The highest BCUT2D eigenvalue weighted by molar-refractivity contribution is 7.94. The van der Waals surface area contributed by atoms with Crippen molar-refractivity contribution in [3.8, 4) is 17.2 Å². The van der Waals surface area contributed by atoms with E-state index in [9.17, 15) is 8.42 Å². The SMILES string of the molecule is COc1cc(S(=O)(=O)/C=C/c2ccc(C)cc2)cc(OC)c1OC. The second-order valence-electron chi connectivity index (χ2n) is 5.12. The summed E-state index contributed by atoms with van der Waals surface area (Å²) in [7, 11) is 0.690. The summed E-state index contributed by atoms with van der Waals surface area (Å²) in [6.07, 6.45) is 1.55. The van der Waals surface area contributed by atoms with Crippen LogP contribution in [0.4, 0.5) is 0 Å². The second kappa shape index (κ2) is 7.40. The first kappa shape index (κ1) is 17.9. The molecular formula is C18H20O5S. The first-order valence-corrected chi connectivity index (χ1v) is 8.75. The number of aryl methyl sites for hydroxylation is 1. The first-order chi connectivity index (χ1) is 11.4. The van der Waals surface area contributed by atoms with E-state index in [1.165, 1.54) is 38.9 Å². The van der Waals surface area contributed by atoms with Gasteiger partial charge in [0.15, 0.2) is 21.3 Å². The molecule has 0 saturated heterocycles. The molecule has 0 fully saturated rings. The molecule has 5 nitrogen and oxygen atoms in total. The Morgan fingerprint density at radius 3 is 1.88 bits per heavy atom. The van der Waals surface area contributed by atoms with Crippen molar-refractivity contribution in [2.75, 3.05) is 21.3 Å². The third-order valence-corrected chi connectivity index (χ3v) is 4.87. The quantitative estimate of drug-likeness (QED) is 0.800. The summed E-state index contributed by atoms with van der Waals surface area (Å²) >= 11 is 0. The van der Waals surface area contributed by atoms with E-state index in [0.29, 0.717) is 17.2 Å². The maximum absolute atomic E-state index is 12.6. The molecule has 2 aromatic rings. The van der Waals surface area contributed by atoms with Gasteiger partial charge in [-0.05, 0) is 18.6 Å². The van der Waals surface area contributed by atoms with Crippen LogP contribution < -0.4 is 14.2 Å². The van der Waals surface area contributed by atoms with Crippen molar-refractivity contribution < 1.29 is 22.6 Å². The van der Waals surface area contributed by atoms with Crippen molar-refractivity contribution in [2.45, 2.75) is 11.8 Å². The van der Waals surface area contributed by atoms with Gasteiger partial charge >= 0.3 is 0 Å². The Morgan fingerprint density at radius 2 is 1.42 bits per heavy atom. The third-order valence-electron chi connectivity index (χ3n) is 3.48. The van der Waals surface area contributed by atoms with E-state index in [0.717, 1.165) is 11.1 Å². The van der Waals surface area contributed by atoms with Crippen molar-refractivity contribution >= 4 is 15.9 Å². The maximum Gasteiger partial charge on any atom is 0.203 e. The Kier molecular flexibility index (Phi) is 5.51. The van der Waals surface area contributed by atoms with Gasteiger partial charge in [-0.3, -0.25) is 0 Å². The fourth-order valence-corrected chi connectivity index (χ4v) is 3.18. The summed E-state index contributed by atoms with van der Waals surface area (Å²) in [5.41, 5.74) is 1.91. The lowest BCUT2D eigenvalue weighted by molar-refractivity contribution is 0.323. The van der Waals surface area contributed by atoms with Crippen LogP contribution in [0.3, 0.4) is 0 Å². The minimum absolute atomic E-state index is 0.0698. The highest BCUT2D eigenvalue weighted by Gasteiger charge is 2.19. The summed E-state index contributed by atoms with van der Waals surface area (Å²) in [5.74, 6) is 0.930. The van der Waals surface area contributed by atoms with Crippen molar-refractivity contribution in [3.63, 3.8) is 0 Å². The van der Waals surface area contributed by atoms with Crippen molar-refractivity contribution in [2.24, 2.45) is 0 Å². The van der Waals surface area contributed by atoms with Crippen molar-refractivity contribution in [1.82, 2.24) is 0 Å². The molecule has 0 aliphatic rings. The van der Waals surface area contributed by atoms with Crippen LogP contribution in [0.1, 0.15) is 11.1 Å². The molecule has 24 heavy (non-hydrogen) atoms. The van der Waals surface area contributed by atoms with Crippen LogP contribution in [0, 0.1) is 6.92 Å². The fraction of sp³-hybridized carbons (Fsp3) is 0.222. The van der Waals surface area contributed by atoms with Gasteiger partial charge in [0.1, 0.15) is 0 Å². The van der Waals surface area contributed by atoms with Gasteiger partial charge in [-0.25, -0.2) is 8.42 Å². The molecule has 0 N–H and O–H groups in total. The zero-order valence-electron chi connectivity index (χ0n) is 14.1. The fourth-order valence-electron chi connectivity index (χ4n) is 2.15. The Hall–Kier alpha value is -2.47. The lowest BCUT2D eigenvalue weighted by atomic mass is 10.2. The van der Waals surface area contributed by atoms with E-state index in [2.05, 4.69) is 0 Å². The zero-order valence-corrected chi connectivity index (χ0v) is 14.9. The predicted molar refractivity (Wildman–Crippen MR) is 93.5 cm³/mol. The number of rotatable bonds is 6. The van der Waals surface area contributed by atoms with Crippen LogP contribution in [0.15, 0.2) is 46.7 Å². The van der Waals surface area contributed by atoms with Gasteiger partial charge < -0.3 is 14.2 Å². The number of ether oxygens (including phenoxy) is 3. The molecule has 0 heterocycles. The highest BCUT2D eigenvalue weighted by atomic mass is 32.2. The zero-order chi connectivity index (χ0) is 17.7. The average Bonchev–Trinajstić information content (AvgIpc) is 2.59. The van der Waals surface area contributed by atoms with Crippen LogP contribution in [-0.4, -0.2) is 29.7 Å². The van der Waals surface area contributed by atoms with Gasteiger partial charge in [0, 0.05) is 17.5 Å². The molecule has 0 atom stereocenters. The lowest BCUT2D eigenvalue weighted by Crippen LogP contribution is -2.01. The van der Waals surface area contributed by atoms with Gasteiger partial charge in [-0.2, -0.15) is 0 Å². The van der Waals surface area contributed by atoms with E-state index in [1.807, 2.05) is 31.2 Å². The predicted octanol–water partition coefficient (Wildman–Crippen LogP) is 3.47. The van der Waals surface area contributed by atoms with Gasteiger partial charge in [-0.15, -0.1) is 0 Å². The Bertz CT molecular complexity index is 811. The molecule has 6 heteroatoms. The van der Waals surface area contributed by atoms with Crippen molar-refractivity contribution in [1.29, 1.82) is 0 Å². The van der Waals surface area contributed by atoms with Crippen LogP contribution in [0.5, 0.6) is 17.2 Å². The summed E-state index contributed by atoms with van der Waals surface area (Å²) < 4.78 is 40.7. The molecular weight excluding hydrogens is 328 g/mol. The molecule has 0 spiro atoms. The first-order valence-electron chi connectivity index (χ1n) is 7.21. The van der Waals surface area contributed by atoms with E-state index in [1.54, 1.807) is 6.08 Å². The summed E-state index contributed by atoms with van der Waals surface area (Å²) in [5, 5.41) is 1.17. The summed E-state index contributed by atoms with van der Waals surface area (Å²) in [6.45, 7) is 1.97. The topological polar surface area (TPSA) is 61.8 Å². The molecule has 128 valence electrons. The molecule has 0 saturated carbocycles. The van der Waals surface area contributed by atoms with E-state index < -0.39 is 9.84 Å². The largest absolute Gasteiger partial charge is 0.493 e. The van der Waals surface area contributed by atoms with Gasteiger partial charge in [0.2, 0.25) is 5.75 Å². The highest BCUT2D eigenvalue weighted by Crippen LogP contribution is 2.39. The molecule has 2 aromatic carbocycles. The molecule has 0 unspecified atom stereocenters. The molecule has 2 rings (SSSR count). The van der Waals surface area contributed by atoms with Crippen LogP contribution >= 0.6 is 0 Å². The monoisotopic (exact) mass is 348 g/mol. The van der Waals surface area contributed by atoms with E-state index >= 15 is 0 Å². The van der Waals surface area contributed by atoms with E-state index in [4.69, 9.17) is 14.2 Å². The lowest BCUT2D eigenvalue weighted by Gasteiger charge is -2.13. The minimum Gasteiger partial charge on any atom is -0.493 e. The smallest absolute Gasteiger partial charge is 0.203 e. The third kappa shape index (κ3) is 3.89. The normalized spacial score (nSPS) is 11.5. The minimum atomic E-state index is -3.65. The van der Waals surface area contributed by atoms with Gasteiger partial charge in [-0.1, -0.05) is 29.8 Å². The molecule has 0 aliphatic carbocycles. The molecule has 0 aromatic heterocycles. The maximum atomic E-state index is 12.6. The van der Waals surface area contributed by atoms with Crippen LogP contribution in [-0.2, 0) is 9.84 Å². The number of sulfone groups is 1. The Morgan fingerprint density at radius 1 is 0.875 bits per heavy atom. The second-order valence-corrected chi connectivity index (χ2v) is 6.95. The Labute approximate surface area is 142 Å². The standard InChI is InChI=1S/C18H20O5S/c1-13-5-7-14(8-6-13)9-10-24(19,20)15-11-16(21-2)18(23-4)17(12-15)22-3/h5-12H,1-4H3/b10-9+. The molecule has 0 aliphatic heterocycles. The molecule has 0 bridgehead atoms. The van der Waals surface area contributed by atoms with Gasteiger partial charge in [0.25, 0.3) is 0 Å². The van der Waals surface area contributed by atoms with Crippen molar-refractivity contribution in [3.05, 3.63) is 52.9 Å². The number of hydrogen-bond donors (Lipinski definition) is 0. The van der Waals surface area contributed by atoms with Crippen LogP contribution in [0.25, 0.3) is 6.08 Å². The van der Waals surface area contributed by atoms with Crippen LogP contribution in [0.2, 0.25) is 0 Å². The number of benzene rings is 2. The molecule has 0 radical (unpaired) electrons. The summed E-state index contributed by atoms with van der Waals surface area (Å²) in [6, 6.07) is 10.4.